The molecule has 0 heterocycles. The van der Waals surface area contributed by atoms with Gasteiger partial charge in [0.15, 0.2) is 0 Å². The standard InChI is InChI=1S/C46H46N2.4C2H6/c1-9-21-35(22-10-2)47(36(23-11-3)24-12-4)45-33-43-40-30-18-20-32-42(40)46(34-44(43)39-29-17-19-31-41(39)45)48(37(25-13-5)26-14-6)38(27-15-7)28-16-8;4*1-2/h9-34H,1,3,5,7H2,2,4,6,8H3;4*1-2H3/b22-10-,24-12-,26-14-,28-16-,35-21+,36-23+,37-25+,38-27+;;;;. The monoisotopic (exact) mass is 747 g/mol. The molecule has 296 valence electrons. The smallest absolute Gasteiger partial charge is 0.0546 e. The second kappa shape index (κ2) is 29.5. The molecule has 2 nitrogen and oxygen atoms in total. The van der Waals surface area contributed by atoms with Crippen molar-refractivity contribution in [2.45, 2.75) is 83.1 Å². The fourth-order valence-corrected chi connectivity index (χ4v) is 6.12. The summed E-state index contributed by atoms with van der Waals surface area (Å²) in [6.07, 6.45) is 32.2. The first-order valence-corrected chi connectivity index (χ1v) is 20.3. The van der Waals surface area contributed by atoms with Gasteiger partial charge in [0.25, 0.3) is 0 Å². The molecule has 4 aromatic carbocycles. The summed E-state index contributed by atoms with van der Waals surface area (Å²) >= 11 is 0. The maximum Gasteiger partial charge on any atom is 0.0546 e. The topological polar surface area (TPSA) is 6.48 Å². The van der Waals surface area contributed by atoms with Gasteiger partial charge in [0.05, 0.1) is 11.4 Å². The molecule has 0 aliphatic rings. The van der Waals surface area contributed by atoms with Crippen LogP contribution in [0.25, 0.3) is 32.3 Å². The molecule has 0 fully saturated rings. The van der Waals surface area contributed by atoms with Crippen LogP contribution in [0.5, 0.6) is 0 Å². The van der Waals surface area contributed by atoms with Crippen molar-refractivity contribution in [2.75, 3.05) is 9.80 Å². The van der Waals surface area contributed by atoms with Crippen LogP contribution < -0.4 is 9.80 Å². The number of hydrogen-bond acceptors (Lipinski definition) is 2. The van der Waals surface area contributed by atoms with Crippen LogP contribution in [0.4, 0.5) is 11.4 Å². The van der Waals surface area contributed by atoms with Gasteiger partial charge in [0, 0.05) is 33.6 Å². The van der Waals surface area contributed by atoms with Gasteiger partial charge in [-0.05, 0) is 110 Å². The average molecular weight is 747 g/mol. The van der Waals surface area contributed by atoms with E-state index in [9.17, 15) is 0 Å². The van der Waals surface area contributed by atoms with Gasteiger partial charge < -0.3 is 9.80 Å². The second-order valence-electron chi connectivity index (χ2n) is 11.0. The molecular weight excluding hydrogens is 677 g/mol. The first kappa shape index (κ1) is 50.1. The molecule has 0 aliphatic heterocycles. The van der Waals surface area contributed by atoms with Crippen LogP contribution in [0.15, 0.2) is 207 Å². The lowest BCUT2D eigenvalue weighted by molar-refractivity contribution is 1.15. The number of benzene rings is 4. The summed E-state index contributed by atoms with van der Waals surface area (Å²) in [6.45, 7) is 40.3. The number of anilines is 2. The summed E-state index contributed by atoms with van der Waals surface area (Å²) < 4.78 is 0. The molecule has 0 amide bonds. The Hall–Kier alpha value is -5.86. The molecule has 56 heavy (non-hydrogen) atoms. The first-order valence-electron chi connectivity index (χ1n) is 20.3. The van der Waals surface area contributed by atoms with Gasteiger partial charge in [-0.1, -0.05) is 179 Å². The Labute approximate surface area is 342 Å². The fraction of sp³-hybridized carbons (Fsp3) is 0.222. The summed E-state index contributed by atoms with van der Waals surface area (Å²) in [5.41, 5.74) is 6.09. The zero-order valence-electron chi connectivity index (χ0n) is 36.7. The van der Waals surface area contributed by atoms with Crippen molar-refractivity contribution >= 4 is 43.7 Å². The molecule has 0 atom stereocenters. The third-order valence-corrected chi connectivity index (χ3v) is 7.86. The number of hydrogen-bond donors (Lipinski definition) is 0. The van der Waals surface area contributed by atoms with E-state index in [0.717, 1.165) is 66.5 Å². The second-order valence-corrected chi connectivity index (χ2v) is 11.0. The Morgan fingerprint density at radius 3 is 0.821 bits per heavy atom. The predicted molar refractivity (Wildman–Crippen MR) is 262 cm³/mol. The van der Waals surface area contributed by atoms with E-state index < -0.39 is 0 Å². The Kier molecular flexibility index (Phi) is 26.4. The number of nitrogens with zero attached hydrogens (tertiary/aromatic N) is 2. The van der Waals surface area contributed by atoms with Crippen LogP contribution in [0, 0.1) is 0 Å². The third-order valence-electron chi connectivity index (χ3n) is 7.86. The summed E-state index contributed by atoms with van der Waals surface area (Å²) in [5.74, 6) is 0. The molecule has 4 aromatic rings. The van der Waals surface area contributed by atoms with E-state index in [2.05, 4.69) is 145 Å². The Morgan fingerprint density at radius 2 is 0.607 bits per heavy atom. The van der Waals surface area contributed by atoms with E-state index in [1.165, 1.54) is 0 Å². The van der Waals surface area contributed by atoms with Crippen LogP contribution in [-0.4, -0.2) is 0 Å². The van der Waals surface area contributed by atoms with Crippen molar-refractivity contribution in [2.24, 2.45) is 0 Å². The first-order chi connectivity index (χ1) is 27.5. The normalized spacial score (nSPS) is 12.0. The molecule has 0 aromatic heterocycles. The Balaban J connectivity index is 0.00000355. The van der Waals surface area contributed by atoms with E-state index in [1.807, 2.05) is 132 Å². The van der Waals surface area contributed by atoms with Gasteiger partial charge in [-0.25, -0.2) is 0 Å². The number of allylic oxidation sites excluding steroid dienone is 16. The van der Waals surface area contributed by atoms with Gasteiger partial charge in [0.1, 0.15) is 0 Å². The fourth-order valence-electron chi connectivity index (χ4n) is 6.12. The summed E-state index contributed by atoms with van der Waals surface area (Å²) in [5, 5.41) is 6.87. The van der Waals surface area contributed by atoms with Crippen molar-refractivity contribution in [3.8, 4) is 0 Å². The molecule has 0 radical (unpaired) electrons. The summed E-state index contributed by atoms with van der Waals surface area (Å²) in [6, 6.07) is 22.0. The highest BCUT2D eigenvalue weighted by Crippen LogP contribution is 2.44. The molecule has 4 rings (SSSR count). The van der Waals surface area contributed by atoms with Crippen LogP contribution in [0.3, 0.4) is 0 Å². The lowest BCUT2D eigenvalue weighted by atomic mass is 9.93. The highest BCUT2D eigenvalue weighted by atomic mass is 15.2. The van der Waals surface area contributed by atoms with Gasteiger partial charge in [-0.15, -0.1) is 0 Å². The minimum Gasteiger partial charge on any atom is -0.310 e. The third kappa shape index (κ3) is 12.6. The lowest BCUT2D eigenvalue weighted by Crippen LogP contribution is -2.21. The van der Waals surface area contributed by atoms with Crippen molar-refractivity contribution in [1.82, 2.24) is 0 Å². The highest BCUT2D eigenvalue weighted by Gasteiger charge is 2.22. The van der Waals surface area contributed by atoms with Crippen molar-refractivity contribution in [1.29, 1.82) is 0 Å². The minimum absolute atomic E-state index is 0.992. The van der Waals surface area contributed by atoms with Crippen molar-refractivity contribution in [3.63, 3.8) is 0 Å². The van der Waals surface area contributed by atoms with Gasteiger partial charge in [-0.2, -0.15) is 0 Å². The number of rotatable bonds is 14. The molecular formula is C54H70N2. The maximum absolute atomic E-state index is 4.04. The maximum atomic E-state index is 4.04. The van der Waals surface area contributed by atoms with Gasteiger partial charge in [-0.3, -0.25) is 0 Å². The van der Waals surface area contributed by atoms with Crippen molar-refractivity contribution < 1.29 is 0 Å². The van der Waals surface area contributed by atoms with Crippen LogP contribution in [0.1, 0.15) is 83.1 Å². The van der Waals surface area contributed by atoms with Crippen LogP contribution >= 0.6 is 0 Å². The van der Waals surface area contributed by atoms with Crippen LogP contribution in [0.2, 0.25) is 0 Å². The molecule has 0 saturated heterocycles. The molecule has 0 unspecified atom stereocenters. The summed E-state index contributed by atoms with van der Waals surface area (Å²) in [7, 11) is 0. The zero-order valence-corrected chi connectivity index (χ0v) is 36.7. The molecule has 0 bridgehead atoms. The quantitative estimate of drug-likeness (QED) is 0.0936. The van der Waals surface area contributed by atoms with E-state index in [-0.39, 0.29) is 0 Å². The molecule has 2 heteroatoms. The molecule has 0 N–H and O–H groups in total. The summed E-state index contributed by atoms with van der Waals surface area (Å²) in [4.78, 5) is 4.57. The average Bonchev–Trinajstić information content (AvgIpc) is 3.25. The number of fused-ring (bicyclic) bond motifs is 5. The van der Waals surface area contributed by atoms with E-state index >= 15 is 0 Å². The Bertz CT molecular complexity index is 1870. The van der Waals surface area contributed by atoms with Crippen molar-refractivity contribution in [3.05, 3.63) is 207 Å². The zero-order chi connectivity index (χ0) is 42.5. The minimum atomic E-state index is 0.992. The van der Waals surface area contributed by atoms with E-state index in [1.54, 1.807) is 0 Å². The van der Waals surface area contributed by atoms with Gasteiger partial charge >= 0.3 is 0 Å². The van der Waals surface area contributed by atoms with E-state index in [0.29, 0.717) is 0 Å². The molecule has 0 saturated carbocycles. The molecule has 0 spiro atoms. The Morgan fingerprint density at radius 1 is 0.375 bits per heavy atom. The largest absolute Gasteiger partial charge is 0.310 e. The van der Waals surface area contributed by atoms with Crippen LogP contribution in [-0.2, 0) is 0 Å². The van der Waals surface area contributed by atoms with E-state index in [4.69, 9.17) is 0 Å². The molecule has 0 aliphatic carbocycles. The SMILES string of the molecule is C=C/C=C(\C=C/C)N(C(/C=C\C)=C/C=C)c1cc2c3ccccc3c(N(C(/C=C\C)=C/C=C)C(/C=C\C)=C/C=C)cc2c2ccccc12.CC.CC.CC.CC. The lowest BCUT2D eigenvalue weighted by Gasteiger charge is -2.31. The highest BCUT2D eigenvalue weighted by molar-refractivity contribution is 6.24. The van der Waals surface area contributed by atoms with Gasteiger partial charge in [0.2, 0.25) is 0 Å². The predicted octanol–water partition coefficient (Wildman–Crippen LogP) is 17.4.